The van der Waals surface area contributed by atoms with Crippen molar-refractivity contribution in [1.29, 1.82) is 0 Å². The Morgan fingerprint density at radius 2 is 1.48 bits per heavy atom. The fraction of sp³-hybridized carbons (Fsp3) is 0.406. The van der Waals surface area contributed by atoms with Crippen molar-refractivity contribution in [2.24, 2.45) is 0 Å². The number of aryl methyl sites for hydroxylation is 1. The molecule has 0 bridgehead atoms. The number of ketones is 1. The van der Waals surface area contributed by atoms with E-state index in [2.05, 4.69) is 0 Å². The Hall–Kier alpha value is -3.43. The van der Waals surface area contributed by atoms with Crippen molar-refractivity contribution in [1.82, 2.24) is 0 Å². The summed E-state index contributed by atoms with van der Waals surface area (Å²) in [6, 6.07) is 20.9. The first-order chi connectivity index (χ1) is 19.3. The maximum atomic E-state index is 13.4. The zero-order chi connectivity index (χ0) is 28.3. The van der Waals surface area contributed by atoms with Gasteiger partial charge in [-0.15, -0.1) is 0 Å². The summed E-state index contributed by atoms with van der Waals surface area (Å²) in [5.74, 6) is 0.456. The Morgan fingerprint density at radius 3 is 2.15 bits per heavy atom. The lowest BCUT2D eigenvalue weighted by Gasteiger charge is -2.24. The molecule has 0 saturated carbocycles. The van der Waals surface area contributed by atoms with Gasteiger partial charge in [-0.25, -0.2) is 0 Å². The molecule has 3 aromatic rings. The molecule has 2 fully saturated rings. The molecule has 0 aliphatic carbocycles. The highest BCUT2D eigenvalue weighted by Crippen LogP contribution is 2.41. The van der Waals surface area contributed by atoms with Crippen molar-refractivity contribution < 1.29 is 38.0 Å². The maximum Gasteiger partial charge on any atom is 0.203 e. The Labute approximate surface area is 235 Å². The Balaban J connectivity index is 1.27. The van der Waals surface area contributed by atoms with Gasteiger partial charge in [-0.05, 0) is 56.0 Å². The molecule has 0 aromatic heterocycles. The number of rotatable bonds is 11. The third-order valence-electron chi connectivity index (χ3n) is 7.20. The predicted octanol–water partition coefficient (Wildman–Crippen LogP) is 5.34. The largest absolute Gasteiger partial charge is 0.493 e. The summed E-state index contributed by atoms with van der Waals surface area (Å²) in [7, 11) is 4.58. The van der Waals surface area contributed by atoms with Crippen LogP contribution in [0.2, 0.25) is 0 Å². The number of carbonyl (C=O) groups is 1. The van der Waals surface area contributed by atoms with Gasteiger partial charge in [0.2, 0.25) is 5.75 Å². The lowest BCUT2D eigenvalue weighted by molar-refractivity contribution is -0.236. The van der Waals surface area contributed by atoms with Gasteiger partial charge in [-0.1, -0.05) is 48.5 Å². The first kappa shape index (κ1) is 28.1. The lowest BCUT2D eigenvalue weighted by Crippen LogP contribution is -2.31. The minimum atomic E-state index is -0.710. The number of benzene rings is 3. The van der Waals surface area contributed by atoms with E-state index in [-0.39, 0.29) is 24.1 Å². The van der Waals surface area contributed by atoms with Crippen molar-refractivity contribution in [2.45, 2.75) is 63.7 Å². The van der Waals surface area contributed by atoms with Crippen LogP contribution in [-0.2, 0) is 32.0 Å². The Morgan fingerprint density at radius 1 is 0.800 bits per heavy atom. The van der Waals surface area contributed by atoms with Crippen molar-refractivity contribution in [2.75, 3.05) is 21.3 Å². The summed E-state index contributed by atoms with van der Waals surface area (Å²) in [6.07, 6.45) is 0.107. The van der Waals surface area contributed by atoms with E-state index >= 15 is 0 Å². The van der Waals surface area contributed by atoms with Crippen molar-refractivity contribution in [3.05, 3.63) is 89.0 Å². The third-order valence-corrected chi connectivity index (χ3v) is 7.20. The van der Waals surface area contributed by atoms with E-state index in [1.807, 2.05) is 62.4 Å². The summed E-state index contributed by atoms with van der Waals surface area (Å²) < 4.78 is 41.1. The van der Waals surface area contributed by atoms with Gasteiger partial charge in [0.15, 0.2) is 29.4 Å². The Bertz CT molecular complexity index is 1300. The SMILES string of the molecule is COc1cc(C(=O)c2cccc(CC[C@H]3O[C@H](OCc4ccccc4)[C@H]4OC(C)(C)O[C@H]43)c2)cc(OC)c1OC. The molecule has 2 saturated heterocycles. The van der Waals surface area contributed by atoms with Gasteiger partial charge in [0.05, 0.1) is 34.0 Å². The molecule has 2 aliphatic heterocycles. The van der Waals surface area contributed by atoms with Gasteiger partial charge in [0.1, 0.15) is 12.2 Å². The van der Waals surface area contributed by atoms with E-state index in [1.54, 1.807) is 18.2 Å². The second-order valence-corrected chi connectivity index (χ2v) is 10.4. The normalized spacial score (nSPS) is 23.0. The molecule has 0 spiro atoms. The average Bonchev–Trinajstić information content (AvgIpc) is 3.46. The molecular formula is C32H36O8. The number of fused-ring (bicyclic) bond motifs is 1. The minimum absolute atomic E-state index is 0.137. The standard InChI is InChI=1S/C32H36O8/c1-32(2)39-29-24(38-31(30(29)40-32)37-19-21-10-7-6-8-11-21)15-14-20-12-9-13-22(16-20)27(33)23-17-25(34-3)28(36-5)26(18-23)35-4/h6-13,16-18,24,29-31H,14-15,19H2,1-5H3/t24-,29+,30+,31+/m1/s1. The molecule has 4 atom stereocenters. The van der Waals surface area contributed by atoms with Gasteiger partial charge in [0.25, 0.3) is 0 Å². The summed E-state index contributed by atoms with van der Waals surface area (Å²) in [5.41, 5.74) is 3.11. The summed E-state index contributed by atoms with van der Waals surface area (Å²) in [5, 5.41) is 0. The molecule has 8 nitrogen and oxygen atoms in total. The number of methoxy groups -OCH3 is 3. The second-order valence-electron chi connectivity index (χ2n) is 10.4. The smallest absolute Gasteiger partial charge is 0.203 e. The Kier molecular flexibility index (Phi) is 8.42. The number of ether oxygens (including phenoxy) is 7. The molecule has 5 rings (SSSR count). The third kappa shape index (κ3) is 6.00. The second kappa shape index (κ2) is 12.0. The van der Waals surface area contributed by atoms with Gasteiger partial charge in [-0.2, -0.15) is 0 Å². The fourth-order valence-corrected chi connectivity index (χ4v) is 5.32. The average molecular weight is 549 g/mol. The van der Waals surface area contributed by atoms with E-state index in [0.717, 1.165) is 11.1 Å². The molecule has 8 heteroatoms. The molecule has 3 aromatic carbocycles. The molecule has 40 heavy (non-hydrogen) atoms. The van der Waals surface area contributed by atoms with Crippen LogP contribution in [0.1, 0.15) is 47.3 Å². The van der Waals surface area contributed by atoms with Crippen LogP contribution in [-0.4, -0.2) is 57.5 Å². The predicted molar refractivity (Wildman–Crippen MR) is 148 cm³/mol. The molecule has 0 N–H and O–H groups in total. The van der Waals surface area contributed by atoms with Gasteiger partial charge >= 0.3 is 0 Å². The highest BCUT2D eigenvalue weighted by Gasteiger charge is 2.55. The summed E-state index contributed by atoms with van der Waals surface area (Å²) in [6.45, 7) is 4.25. The summed E-state index contributed by atoms with van der Waals surface area (Å²) >= 11 is 0. The zero-order valence-corrected chi connectivity index (χ0v) is 23.5. The van der Waals surface area contributed by atoms with Crippen molar-refractivity contribution in [3.63, 3.8) is 0 Å². The van der Waals surface area contributed by atoms with E-state index < -0.39 is 12.1 Å². The summed E-state index contributed by atoms with van der Waals surface area (Å²) in [4.78, 5) is 13.4. The van der Waals surface area contributed by atoms with E-state index in [0.29, 0.717) is 47.8 Å². The monoisotopic (exact) mass is 548 g/mol. The van der Waals surface area contributed by atoms with Crippen LogP contribution in [0.15, 0.2) is 66.7 Å². The van der Waals surface area contributed by atoms with Crippen LogP contribution in [0.4, 0.5) is 0 Å². The molecule has 0 unspecified atom stereocenters. The topological polar surface area (TPSA) is 81.7 Å². The first-order valence-electron chi connectivity index (χ1n) is 13.4. The van der Waals surface area contributed by atoms with Crippen molar-refractivity contribution >= 4 is 5.78 Å². The number of hydrogen-bond acceptors (Lipinski definition) is 8. The van der Waals surface area contributed by atoms with Crippen LogP contribution in [0.25, 0.3) is 0 Å². The van der Waals surface area contributed by atoms with Crippen LogP contribution in [0, 0.1) is 0 Å². The molecule has 0 amide bonds. The quantitative estimate of drug-likeness (QED) is 0.297. The fourth-order valence-electron chi connectivity index (χ4n) is 5.32. The van der Waals surface area contributed by atoms with Crippen LogP contribution in [0.5, 0.6) is 17.2 Å². The molecule has 2 aliphatic rings. The minimum Gasteiger partial charge on any atom is -0.493 e. The first-order valence-corrected chi connectivity index (χ1v) is 13.4. The van der Waals surface area contributed by atoms with Crippen LogP contribution >= 0.6 is 0 Å². The highest BCUT2D eigenvalue weighted by molar-refractivity contribution is 6.09. The van der Waals surface area contributed by atoms with E-state index in [9.17, 15) is 4.79 Å². The molecule has 212 valence electrons. The molecule has 0 radical (unpaired) electrons. The van der Waals surface area contributed by atoms with E-state index in [1.165, 1.54) is 21.3 Å². The number of carbonyl (C=O) groups excluding carboxylic acids is 1. The molecule has 2 heterocycles. The highest BCUT2D eigenvalue weighted by atomic mass is 16.8. The van der Waals surface area contributed by atoms with E-state index in [4.69, 9.17) is 33.2 Å². The van der Waals surface area contributed by atoms with Crippen LogP contribution in [0.3, 0.4) is 0 Å². The van der Waals surface area contributed by atoms with Gasteiger partial charge in [-0.3, -0.25) is 4.79 Å². The van der Waals surface area contributed by atoms with Crippen LogP contribution < -0.4 is 14.2 Å². The lowest BCUT2D eigenvalue weighted by atomic mass is 9.97. The molecular weight excluding hydrogens is 512 g/mol. The zero-order valence-electron chi connectivity index (χ0n) is 23.5. The van der Waals surface area contributed by atoms with Gasteiger partial charge < -0.3 is 33.2 Å². The van der Waals surface area contributed by atoms with Gasteiger partial charge in [0, 0.05) is 11.1 Å². The maximum absolute atomic E-state index is 13.4. The van der Waals surface area contributed by atoms with Crippen molar-refractivity contribution in [3.8, 4) is 17.2 Å². The number of hydrogen-bond donors (Lipinski definition) is 0.